The molecule has 0 aliphatic heterocycles. The second kappa shape index (κ2) is 7.89. The van der Waals surface area contributed by atoms with Crippen molar-refractivity contribution in [2.75, 3.05) is 17.2 Å². The van der Waals surface area contributed by atoms with Gasteiger partial charge in [-0.3, -0.25) is 4.79 Å². The smallest absolute Gasteiger partial charge is 0.237 e. The third-order valence-corrected chi connectivity index (χ3v) is 5.13. The van der Waals surface area contributed by atoms with Crippen LogP contribution in [-0.2, 0) is 4.79 Å². The first-order chi connectivity index (χ1) is 10.5. The van der Waals surface area contributed by atoms with E-state index in [1.54, 1.807) is 13.0 Å². The molecule has 1 amide bonds. The first kappa shape index (κ1) is 17.2. The van der Waals surface area contributed by atoms with E-state index in [1.807, 2.05) is 6.92 Å². The zero-order valence-electron chi connectivity index (χ0n) is 11.9. The highest BCUT2D eigenvalue weighted by Gasteiger charge is 2.18. The maximum absolute atomic E-state index is 13.7. The molecule has 118 valence electrons. The van der Waals surface area contributed by atoms with Gasteiger partial charge >= 0.3 is 0 Å². The fraction of sp³-hybridized carbons (Fsp3) is 0.308. The molecule has 0 aliphatic carbocycles. The minimum Gasteiger partial charge on any atom is -0.360 e. The lowest BCUT2D eigenvalue weighted by Gasteiger charge is -2.11. The Hall–Kier alpha value is -1.19. The van der Waals surface area contributed by atoms with Gasteiger partial charge in [0.25, 0.3) is 0 Å². The van der Waals surface area contributed by atoms with Crippen molar-refractivity contribution in [3.05, 3.63) is 28.5 Å². The number of carbonyl (C=O) groups excluding carboxylic acids is 1. The number of amides is 1. The van der Waals surface area contributed by atoms with Crippen molar-refractivity contribution >= 4 is 55.8 Å². The molecule has 1 aromatic carbocycles. The molecule has 9 heteroatoms. The number of rotatable bonds is 6. The normalized spacial score (nSPS) is 12.0. The number of thioether (sulfide) groups is 1. The topological polar surface area (TPSA) is 66.9 Å². The molecule has 2 N–H and O–H groups in total. The number of nitrogens with zero attached hydrogens (tertiary/aromatic N) is 2. The molecular formula is C13H14BrFN4OS2. The summed E-state index contributed by atoms with van der Waals surface area (Å²) in [7, 11) is 0. The minimum absolute atomic E-state index is 0.159. The second-order valence-corrected chi connectivity index (χ2v) is 7.76. The lowest BCUT2D eigenvalue weighted by molar-refractivity contribution is -0.115. The molecule has 0 saturated heterocycles. The summed E-state index contributed by atoms with van der Waals surface area (Å²) in [6, 6.07) is 4.49. The number of halogens is 2. The van der Waals surface area contributed by atoms with Crippen LogP contribution in [0.25, 0.3) is 0 Å². The Balaban J connectivity index is 1.96. The monoisotopic (exact) mass is 404 g/mol. The van der Waals surface area contributed by atoms with Crippen LogP contribution in [-0.4, -0.2) is 27.9 Å². The van der Waals surface area contributed by atoms with E-state index in [0.717, 1.165) is 11.7 Å². The van der Waals surface area contributed by atoms with E-state index in [0.29, 0.717) is 8.81 Å². The van der Waals surface area contributed by atoms with Crippen LogP contribution in [0.4, 0.5) is 15.2 Å². The number of hydrogen-bond acceptors (Lipinski definition) is 6. The van der Waals surface area contributed by atoms with Crippen LogP contribution in [0, 0.1) is 5.82 Å². The van der Waals surface area contributed by atoms with Crippen LogP contribution >= 0.6 is 39.0 Å². The van der Waals surface area contributed by atoms with Crippen molar-refractivity contribution in [2.45, 2.75) is 23.4 Å². The summed E-state index contributed by atoms with van der Waals surface area (Å²) in [6.07, 6.45) is 0. The molecule has 0 fully saturated rings. The highest BCUT2D eigenvalue weighted by molar-refractivity contribution is 9.10. The standard InChI is InChI=1S/C13H14BrFN4OS2/c1-3-16-12-18-19-13(22-12)21-7(2)11(20)17-10-5-4-8(14)6-9(10)15/h4-7H,3H2,1-2H3,(H,16,18)(H,17,20)/t7-/m0/s1. The first-order valence-electron chi connectivity index (χ1n) is 6.49. The van der Waals surface area contributed by atoms with Crippen molar-refractivity contribution in [1.29, 1.82) is 0 Å². The van der Waals surface area contributed by atoms with Gasteiger partial charge in [-0.25, -0.2) is 4.39 Å². The largest absolute Gasteiger partial charge is 0.360 e. The van der Waals surface area contributed by atoms with Crippen LogP contribution in [0.5, 0.6) is 0 Å². The maximum atomic E-state index is 13.7. The third kappa shape index (κ3) is 4.65. The molecule has 2 aromatic rings. The van der Waals surface area contributed by atoms with Crippen molar-refractivity contribution in [2.24, 2.45) is 0 Å². The molecule has 0 bridgehead atoms. The lowest BCUT2D eigenvalue weighted by atomic mass is 10.3. The van der Waals surface area contributed by atoms with Gasteiger partial charge in [0.05, 0.1) is 10.9 Å². The van der Waals surface area contributed by atoms with Crippen molar-refractivity contribution in [1.82, 2.24) is 10.2 Å². The highest BCUT2D eigenvalue weighted by Crippen LogP contribution is 2.29. The Morgan fingerprint density at radius 1 is 1.50 bits per heavy atom. The number of carbonyl (C=O) groups is 1. The van der Waals surface area contributed by atoms with Crippen LogP contribution in [0.3, 0.4) is 0 Å². The number of hydrogen-bond donors (Lipinski definition) is 2. The number of nitrogens with one attached hydrogen (secondary N) is 2. The predicted molar refractivity (Wildman–Crippen MR) is 92.1 cm³/mol. The van der Waals surface area contributed by atoms with Crippen LogP contribution in [0.15, 0.2) is 27.0 Å². The molecule has 5 nitrogen and oxygen atoms in total. The van der Waals surface area contributed by atoms with Gasteiger partial charge in [0.2, 0.25) is 11.0 Å². The van der Waals surface area contributed by atoms with Gasteiger partial charge in [0, 0.05) is 11.0 Å². The molecule has 1 heterocycles. The third-order valence-electron chi connectivity index (χ3n) is 2.57. The van der Waals surface area contributed by atoms with E-state index in [4.69, 9.17) is 0 Å². The van der Waals surface area contributed by atoms with Crippen LogP contribution in [0.2, 0.25) is 0 Å². The molecule has 0 saturated carbocycles. The summed E-state index contributed by atoms with van der Waals surface area (Å²) in [5, 5.41) is 13.9. The number of anilines is 2. The second-order valence-electron chi connectivity index (χ2n) is 4.28. The SMILES string of the molecule is CCNc1nnc(S[C@@H](C)C(=O)Nc2ccc(Br)cc2F)s1. The molecule has 0 unspecified atom stereocenters. The van der Waals surface area contributed by atoms with Gasteiger partial charge in [-0.05, 0) is 32.0 Å². The Labute approximate surface area is 144 Å². The Morgan fingerprint density at radius 2 is 2.27 bits per heavy atom. The number of benzene rings is 1. The Kier molecular flexibility index (Phi) is 6.16. The van der Waals surface area contributed by atoms with Gasteiger partial charge < -0.3 is 10.6 Å². The van der Waals surface area contributed by atoms with Gasteiger partial charge in [-0.2, -0.15) is 0 Å². The zero-order valence-corrected chi connectivity index (χ0v) is 15.1. The van der Waals surface area contributed by atoms with E-state index >= 15 is 0 Å². The van der Waals surface area contributed by atoms with E-state index in [-0.39, 0.29) is 11.6 Å². The average Bonchev–Trinajstić information content (AvgIpc) is 2.89. The Bertz CT molecular complexity index is 667. The van der Waals surface area contributed by atoms with E-state index < -0.39 is 11.1 Å². The highest BCUT2D eigenvalue weighted by atomic mass is 79.9. The van der Waals surface area contributed by atoms with Crippen LogP contribution < -0.4 is 10.6 Å². The molecule has 0 radical (unpaired) electrons. The fourth-order valence-electron chi connectivity index (χ4n) is 1.51. The van der Waals surface area contributed by atoms with E-state index in [9.17, 15) is 9.18 Å². The van der Waals surface area contributed by atoms with Gasteiger partial charge in [-0.15, -0.1) is 10.2 Å². The van der Waals surface area contributed by atoms with Crippen molar-refractivity contribution in [3.8, 4) is 0 Å². The Morgan fingerprint density at radius 3 is 2.95 bits per heavy atom. The summed E-state index contributed by atoms with van der Waals surface area (Å²) >= 11 is 5.85. The van der Waals surface area contributed by atoms with E-state index in [2.05, 4.69) is 36.8 Å². The molecular weight excluding hydrogens is 391 g/mol. The summed E-state index contributed by atoms with van der Waals surface area (Å²) in [4.78, 5) is 12.1. The summed E-state index contributed by atoms with van der Waals surface area (Å²) in [6.45, 7) is 4.47. The van der Waals surface area contributed by atoms with E-state index in [1.165, 1.54) is 35.2 Å². The molecule has 1 atom stereocenters. The summed E-state index contributed by atoms with van der Waals surface area (Å²) in [5.41, 5.74) is 0.159. The molecule has 22 heavy (non-hydrogen) atoms. The summed E-state index contributed by atoms with van der Waals surface area (Å²) < 4.78 is 15.0. The van der Waals surface area contributed by atoms with Gasteiger partial charge in [-0.1, -0.05) is 39.0 Å². The predicted octanol–water partition coefficient (Wildman–Crippen LogP) is 3.99. The maximum Gasteiger partial charge on any atom is 0.237 e. The van der Waals surface area contributed by atoms with Crippen molar-refractivity contribution in [3.63, 3.8) is 0 Å². The average molecular weight is 405 g/mol. The molecule has 1 aromatic heterocycles. The molecule has 2 rings (SSSR count). The quantitative estimate of drug-likeness (QED) is 0.712. The fourth-order valence-corrected chi connectivity index (χ4v) is 3.81. The lowest BCUT2D eigenvalue weighted by Crippen LogP contribution is -2.22. The minimum atomic E-state index is -0.481. The summed E-state index contributed by atoms with van der Waals surface area (Å²) in [5.74, 6) is -0.767. The van der Waals surface area contributed by atoms with Gasteiger partial charge in [0.15, 0.2) is 4.34 Å². The number of aromatic nitrogens is 2. The molecule has 0 spiro atoms. The molecule has 0 aliphatic rings. The first-order valence-corrected chi connectivity index (χ1v) is 8.98. The zero-order chi connectivity index (χ0) is 16.1. The van der Waals surface area contributed by atoms with Crippen molar-refractivity contribution < 1.29 is 9.18 Å². The van der Waals surface area contributed by atoms with Gasteiger partial charge in [0.1, 0.15) is 5.82 Å². The van der Waals surface area contributed by atoms with Crippen LogP contribution in [0.1, 0.15) is 13.8 Å².